The lowest BCUT2D eigenvalue weighted by atomic mass is 10.1. The van der Waals surface area contributed by atoms with Crippen LogP contribution in [0.5, 0.6) is 5.75 Å². The Morgan fingerprint density at radius 3 is 2.85 bits per heavy atom. The Hall–Kier alpha value is -1.91. The molecule has 1 aliphatic heterocycles. The van der Waals surface area contributed by atoms with Crippen LogP contribution in [0, 0.1) is 0 Å². The molecule has 5 nitrogen and oxygen atoms in total. The van der Waals surface area contributed by atoms with Gasteiger partial charge in [0.05, 0.1) is 6.54 Å². The molecule has 2 N–H and O–H groups in total. The predicted octanol–water partition coefficient (Wildman–Crippen LogP) is 2.56. The molecular weight excluding hydrogens is 256 g/mol. The van der Waals surface area contributed by atoms with Crippen molar-refractivity contribution in [3.8, 4) is 5.75 Å². The van der Waals surface area contributed by atoms with Crippen LogP contribution in [0.4, 0.5) is 10.5 Å². The highest BCUT2D eigenvalue weighted by molar-refractivity contribution is 5.67. The second kappa shape index (κ2) is 5.61. The predicted molar refractivity (Wildman–Crippen MR) is 78.3 cm³/mol. The van der Waals surface area contributed by atoms with Crippen LogP contribution in [0.25, 0.3) is 0 Å². The number of nitrogens with one attached hydrogen (secondary N) is 2. The largest absolute Gasteiger partial charge is 0.488 e. The van der Waals surface area contributed by atoms with Crippen LogP contribution >= 0.6 is 0 Å². The van der Waals surface area contributed by atoms with Gasteiger partial charge < -0.3 is 20.1 Å². The molecule has 0 saturated heterocycles. The van der Waals surface area contributed by atoms with Crippen LogP contribution in [-0.4, -0.2) is 31.4 Å². The molecule has 0 spiro atoms. The molecule has 0 aliphatic carbocycles. The first kappa shape index (κ1) is 14.5. The first-order valence-corrected chi connectivity index (χ1v) is 6.81. The van der Waals surface area contributed by atoms with E-state index < -0.39 is 11.7 Å². The molecule has 1 atom stereocenters. The van der Waals surface area contributed by atoms with Gasteiger partial charge in [0.25, 0.3) is 0 Å². The van der Waals surface area contributed by atoms with Gasteiger partial charge in [-0.25, -0.2) is 4.79 Å². The van der Waals surface area contributed by atoms with Crippen molar-refractivity contribution in [1.29, 1.82) is 0 Å². The highest BCUT2D eigenvalue weighted by atomic mass is 16.6. The van der Waals surface area contributed by atoms with Crippen molar-refractivity contribution >= 4 is 11.8 Å². The summed E-state index contributed by atoms with van der Waals surface area (Å²) in [5.74, 6) is 0.889. The Labute approximate surface area is 119 Å². The SMILES string of the molecule is CNc1ccc2c(c1)CC(CNC(=O)OC(C)(C)C)O2. The third-order valence-electron chi connectivity index (χ3n) is 2.96. The molecule has 110 valence electrons. The normalized spacial score (nSPS) is 17.1. The number of amides is 1. The fraction of sp³-hybridized carbons (Fsp3) is 0.533. The smallest absolute Gasteiger partial charge is 0.407 e. The molecule has 1 heterocycles. The molecular formula is C15H22N2O3. The molecule has 20 heavy (non-hydrogen) atoms. The Morgan fingerprint density at radius 1 is 1.45 bits per heavy atom. The monoisotopic (exact) mass is 278 g/mol. The standard InChI is InChI=1S/C15H22N2O3/c1-15(2,3)20-14(18)17-9-12-8-10-7-11(16-4)5-6-13(10)19-12/h5-7,12,16H,8-9H2,1-4H3,(H,17,18). The molecule has 5 heteroatoms. The van der Waals surface area contributed by atoms with E-state index in [4.69, 9.17) is 9.47 Å². The minimum Gasteiger partial charge on any atom is -0.488 e. The van der Waals surface area contributed by atoms with Crippen molar-refractivity contribution in [3.05, 3.63) is 23.8 Å². The highest BCUT2D eigenvalue weighted by Crippen LogP contribution is 2.30. The maximum absolute atomic E-state index is 11.6. The van der Waals surface area contributed by atoms with Gasteiger partial charge in [-0.1, -0.05) is 0 Å². The maximum Gasteiger partial charge on any atom is 0.407 e. The van der Waals surface area contributed by atoms with Gasteiger partial charge in [0.1, 0.15) is 17.5 Å². The summed E-state index contributed by atoms with van der Waals surface area (Å²) in [6.07, 6.45) is 0.346. The minimum absolute atomic E-state index is 0.0374. The molecule has 0 fully saturated rings. The van der Waals surface area contributed by atoms with E-state index >= 15 is 0 Å². The molecule has 0 aromatic heterocycles. The quantitative estimate of drug-likeness (QED) is 0.892. The van der Waals surface area contributed by atoms with Crippen LogP contribution in [0.2, 0.25) is 0 Å². The fourth-order valence-corrected chi connectivity index (χ4v) is 2.10. The van der Waals surface area contributed by atoms with E-state index in [2.05, 4.69) is 16.7 Å². The van der Waals surface area contributed by atoms with Crippen molar-refractivity contribution in [2.75, 3.05) is 18.9 Å². The van der Waals surface area contributed by atoms with E-state index in [1.165, 1.54) is 0 Å². The number of alkyl carbamates (subject to hydrolysis) is 1. The number of rotatable bonds is 3. The lowest BCUT2D eigenvalue weighted by Crippen LogP contribution is -2.38. The molecule has 1 aromatic rings. The zero-order valence-corrected chi connectivity index (χ0v) is 12.4. The molecule has 0 bridgehead atoms. The summed E-state index contributed by atoms with van der Waals surface area (Å²) < 4.78 is 11.0. The van der Waals surface area contributed by atoms with E-state index in [-0.39, 0.29) is 6.10 Å². The number of hydrogen-bond acceptors (Lipinski definition) is 4. The van der Waals surface area contributed by atoms with Crippen LogP contribution in [0.1, 0.15) is 26.3 Å². The van der Waals surface area contributed by atoms with Crippen LogP contribution in [0.3, 0.4) is 0 Å². The summed E-state index contributed by atoms with van der Waals surface area (Å²) in [6.45, 7) is 5.97. The van der Waals surface area contributed by atoms with Gasteiger partial charge in [-0.2, -0.15) is 0 Å². The summed E-state index contributed by atoms with van der Waals surface area (Å²) in [5.41, 5.74) is 1.74. The Balaban J connectivity index is 1.84. The molecule has 1 aromatic carbocycles. The Bertz CT molecular complexity index is 494. The van der Waals surface area contributed by atoms with Crippen molar-refractivity contribution in [3.63, 3.8) is 0 Å². The summed E-state index contributed by atoms with van der Waals surface area (Å²) in [7, 11) is 1.89. The molecule has 1 unspecified atom stereocenters. The van der Waals surface area contributed by atoms with E-state index in [1.807, 2.05) is 40.0 Å². The third kappa shape index (κ3) is 3.79. The second-order valence-corrected chi connectivity index (χ2v) is 5.90. The average molecular weight is 278 g/mol. The number of ether oxygens (including phenoxy) is 2. The van der Waals surface area contributed by atoms with Crippen molar-refractivity contribution in [2.45, 2.75) is 38.9 Å². The van der Waals surface area contributed by atoms with Crippen LogP contribution in [-0.2, 0) is 11.2 Å². The number of fused-ring (bicyclic) bond motifs is 1. The summed E-state index contributed by atoms with van der Waals surface area (Å²) in [6, 6.07) is 6.00. The Kier molecular flexibility index (Phi) is 4.06. The van der Waals surface area contributed by atoms with Gasteiger partial charge in [-0.05, 0) is 44.5 Å². The number of carbonyl (C=O) groups is 1. The van der Waals surface area contributed by atoms with E-state index in [9.17, 15) is 4.79 Å². The van der Waals surface area contributed by atoms with E-state index in [0.717, 1.165) is 23.4 Å². The van der Waals surface area contributed by atoms with Gasteiger partial charge in [0, 0.05) is 19.2 Å². The minimum atomic E-state index is -0.481. The molecule has 1 amide bonds. The zero-order valence-electron chi connectivity index (χ0n) is 12.4. The van der Waals surface area contributed by atoms with Crippen LogP contribution in [0.15, 0.2) is 18.2 Å². The number of hydrogen-bond donors (Lipinski definition) is 2. The third-order valence-corrected chi connectivity index (χ3v) is 2.96. The molecule has 0 radical (unpaired) electrons. The molecule has 1 aliphatic rings. The molecule has 0 saturated carbocycles. The number of anilines is 1. The van der Waals surface area contributed by atoms with Gasteiger partial charge in [0.2, 0.25) is 0 Å². The van der Waals surface area contributed by atoms with Gasteiger partial charge in [0.15, 0.2) is 0 Å². The van der Waals surface area contributed by atoms with Crippen molar-refractivity contribution < 1.29 is 14.3 Å². The van der Waals surface area contributed by atoms with Crippen molar-refractivity contribution in [1.82, 2.24) is 5.32 Å². The highest BCUT2D eigenvalue weighted by Gasteiger charge is 2.24. The van der Waals surface area contributed by atoms with E-state index in [1.54, 1.807) is 0 Å². The van der Waals surface area contributed by atoms with Gasteiger partial charge >= 0.3 is 6.09 Å². The van der Waals surface area contributed by atoms with Gasteiger partial charge in [-0.3, -0.25) is 0 Å². The maximum atomic E-state index is 11.6. The lowest BCUT2D eigenvalue weighted by Gasteiger charge is -2.20. The first-order chi connectivity index (χ1) is 9.37. The summed E-state index contributed by atoms with van der Waals surface area (Å²) in [5, 5.41) is 5.84. The van der Waals surface area contributed by atoms with Crippen LogP contribution < -0.4 is 15.4 Å². The fourth-order valence-electron chi connectivity index (χ4n) is 2.10. The first-order valence-electron chi connectivity index (χ1n) is 6.81. The topological polar surface area (TPSA) is 59.6 Å². The summed E-state index contributed by atoms with van der Waals surface area (Å²) >= 11 is 0. The van der Waals surface area contributed by atoms with Crippen molar-refractivity contribution in [2.24, 2.45) is 0 Å². The van der Waals surface area contributed by atoms with E-state index in [0.29, 0.717) is 6.54 Å². The second-order valence-electron chi connectivity index (χ2n) is 5.90. The number of carbonyl (C=O) groups excluding carboxylic acids is 1. The lowest BCUT2D eigenvalue weighted by molar-refractivity contribution is 0.0506. The zero-order chi connectivity index (χ0) is 14.8. The number of benzene rings is 1. The van der Waals surface area contributed by atoms with Gasteiger partial charge in [-0.15, -0.1) is 0 Å². The average Bonchev–Trinajstić information content (AvgIpc) is 2.75. The Morgan fingerprint density at radius 2 is 2.20 bits per heavy atom. The molecule has 2 rings (SSSR count). The summed E-state index contributed by atoms with van der Waals surface area (Å²) in [4.78, 5) is 11.6.